The molecule has 0 aliphatic heterocycles. The first kappa shape index (κ1) is 12.4. The topological polar surface area (TPSA) is 56.5 Å². The number of thiazole rings is 1. The van der Waals surface area contributed by atoms with Gasteiger partial charge < -0.3 is 10.2 Å². The summed E-state index contributed by atoms with van der Waals surface area (Å²) in [6, 6.07) is 3.83. The van der Waals surface area contributed by atoms with E-state index in [0.717, 1.165) is 28.5 Å². The summed E-state index contributed by atoms with van der Waals surface area (Å²) in [5.41, 5.74) is 9.12. The molecule has 0 aromatic carbocycles. The largest absolute Gasteiger partial charge is 0.463 e. The van der Waals surface area contributed by atoms with Gasteiger partial charge in [0.05, 0.1) is 12.0 Å². The molecule has 5 heteroatoms. The van der Waals surface area contributed by atoms with Crippen molar-refractivity contribution in [1.29, 1.82) is 0 Å². The van der Waals surface area contributed by atoms with Crippen LogP contribution >= 0.6 is 11.3 Å². The monoisotopic (exact) mass is 275 g/mol. The lowest BCUT2D eigenvalue weighted by atomic mass is 10.1. The van der Waals surface area contributed by atoms with Crippen LogP contribution in [0.25, 0.3) is 16.4 Å². The number of nitrogens with zero attached hydrogens (tertiary/aromatic N) is 2. The summed E-state index contributed by atoms with van der Waals surface area (Å²) in [6.45, 7) is 5.00. The summed E-state index contributed by atoms with van der Waals surface area (Å²) < 4.78 is 7.73. The molecular formula is C14H17N3OS. The van der Waals surface area contributed by atoms with Gasteiger partial charge >= 0.3 is 0 Å². The molecule has 3 rings (SSSR count). The van der Waals surface area contributed by atoms with Gasteiger partial charge in [-0.05, 0) is 24.6 Å². The summed E-state index contributed by atoms with van der Waals surface area (Å²) in [4.78, 5) is 5.72. The quantitative estimate of drug-likeness (QED) is 0.795. The van der Waals surface area contributed by atoms with E-state index in [9.17, 15) is 0 Å². The molecule has 3 aromatic heterocycles. The second-order valence-corrected chi connectivity index (χ2v) is 5.69. The first-order valence-electron chi connectivity index (χ1n) is 6.45. The van der Waals surface area contributed by atoms with E-state index < -0.39 is 0 Å². The van der Waals surface area contributed by atoms with Gasteiger partial charge in [0, 0.05) is 17.5 Å². The van der Waals surface area contributed by atoms with Gasteiger partial charge in [-0.1, -0.05) is 13.8 Å². The van der Waals surface area contributed by atoms with Crippen LogP contribution in [0.15, 0.2) is 28.2 Å². The van der Waals surface area contributed by atoms with Crippen molar-refractivity contribution in [2.24, 2.45) is 5.73 Å². The fraction of sp³-hybridized carbons (Fsp3) is 0.357. The number of hydrogen-bond acceptors (Lipinski definition) is 4. The summed E-state index contributed by atoms with van der Waals surface area (Å²) in [7, 11) is 0. The van der Waals surface area contributed by atoms with Gasteiger partial charge in [0.1, 0.15) is 5.69 Å². The van der Waals surface area contributed by atoms with Gasteiger partial charge in [-0.25, -0.2) is 4.98 Å². The molecular weight excluding hydrogens is 258 g/mol. The zero-order valence-electron chi connectivity index (χ0n) is 11.1. The molecule has 0 atom stereocenters. The van der Waals surface area contributed by atoms with Crippen molar-refractivity contribution in [3.8, 4) is 11.5 Å². The third-order valence-electron chi connectivity index (χ3n) is 3.21. The standard InChI is InChI=1S/C14H17N3OS/c1-9(2)11-8-19-14-16-13(12-4-3-7-18-12)10(5-6-15)17(11)14/h3-4,7-9H,5-6,15H2,1-2H3. The minimum atomic E-state index is 0.462. The van der Waals surface area contributed by atoms with Crippen molar-refractivity contribution < 1.29 is 4.42 Å². The molecule has 4 nitrogen and oxygen atoms in total. The van der Waals surface area contributed by atoms with E-state index in [1.54, 1.807) is 17.6 Å². The highest BCUT2D eigenvalue weighted by molar-refractivity contribution is 7.15. The van der Waals surface area contributed by atoms with E-state index in [1.165, 1.54) is 5.69 Å². The van der Waals surface area contributed by atoms with Gasteiger partial charge in [-0.3, -0.25) is 4.40 Å². The van der Waals surface area contributed by atoms with E-state index >= 15 is 0 Å². The van der Waals surface area contributed by atoms with Gasteiger partial charge in [-0.15, -0.1) is 11.3 Å². The second-order valence-electron chi connectivity index (χ2n) is 4.86. The Balaban J connectivity index is 2.25. The number of aromatic nitrogens is 2. The Labute approximate surface area is 115 Å². The summed E-state index contributed by atoms with van der Waals surface area (Å²) >= 11 is 1.67. The lowest BCUT2D eigenvalue weighted by Gasteiger charge is -2.07. The van der Waals surface area contributed by atoms with Gasteiger partial charge in [0.2, 0.25) is 0 Å². The first-order valence-corrected chi connectivity index (χ1v) is 7.33. The third kappa shape index (κ3) is 1.99. The van der Waals surface area contributed by atoms with Gasteiger partial charge in [-0.2, -0.15) is 0 Å². The predicted octanol–water partition coefficient (Wildman–Crippen LogP) is 3.28. The predicted molar refractivity (Wildman–Crippen MR) is 77.6 cm³/mol. The molecule has 0 amide bonds. The van der Waals surface area contributed by atoms with Crippen molar-refractivity contribution in [3.05, 3.63) is 35.2 Å². The van der Waals surface area contributed by atoms with Crippen LogP contribution in [0.1, 0.15) is 31.2 Å². The van der Waals surface area contributed by atoms with Crippen LogP contribution in [0.5, 0.6) is 0 Å². The number of hydrogen-bond donors (Lipinski definition) is 1. The van der Waals surface area contributed by atoms with Crippen LogP contribution in [0.2, 0.25) is 0 Å². The SMILES string of the molecule is CC(C)c1csc2nc(-c3ccco3)c(CCN)n12. The van der Waals surface area contributed by atoms with Crippen LogP contribution in [0, 0.1) is 0 Å². The summed E-state index contributed by atoms with van der Waals surface area (Å²) in [5, 5.41) is 2.18. The van der Waals surface area contributed by atoms with Crippen molar-refractivity contribution in [3.63, 3.8) is 0 Å². The van der Waals surface area contributed by atoms with Crippen LogP contribution in [-0.2, 0) is 6.42 Å². The highest BCUT2D eigenvalue weighted by atomic mass is 32.1. The molecule has 0 spiro atoms. The lowest BCUT2D eigenvalue weighted by molar-refractivity contribution is 0.579. The van der Waals surface area contributed by atoms with Crippen molar-refractivity contribution in [1.82, 2.24) is 9.38 Å². The third-order valence-corrected chi connectivity index (χ3v) is 4.06. The number of fused-ring (bicyclic) bond motifs is 1. The number of furan rings is 1. The fourth-order valence-electron chi connectivity index (χ4n) is 2.31. The molecule has 0 saturated heterocycles. The van der Waals surface area contributed by atoms with Crippen molar-refractivity contribution >= 4 is 16.3 Å². The maximum Gasteiger partial charge on any atom is 0.194 e. The first-order chi connectivity index (χ1) is 9.22. The lowest BCUT2D eigenvalue weighted by Crippen LogP contribution is -2.07. The van der Waals surface area contributed by atoms with Crippen molar-refractivity contribution in [2.45, 2.75) is 26.2 Å². The molecule has 0 aliphatic rings. The molecule has 3 heterocycles. The molecule has 3 aromatic rings. The Bertz CT molecular complexity index is 679. The Morgan fingerprint density at radius 2 is 2.32 bits per heavy atom. The van der Waals surface area contributed by atoms with E-state index in [-0.39, 0.29) is 0 Å². The molecule has 0 saturated carbocycles. The maximum atomic E-state index is 5.76. The van der Waals surface area contributed by atoms with E-state index in [2.05, 4.69) is 23.6 Å². The van der Waals surface area contributed by atoms with Crippen LogP contribution in [0.3, 0.4) is 0 Å². The Hall–Kier alpha value is -1.59. The maximum absolute atomic E-state index is 5.76. The number of nitrogens with two attached hydrogens (primary N) is 1. The normalized spacial score (nSPS) is 11.8. The van der Waals surface area contributed by atoms with Gasteiger partial charge in [0.15, 0.2) is 10.7 Å². The zero-order chi connectivity index (χ0) is 13.4. The summed E-state index contributed by atoms with van der Waals surface area (Å²) in [6.07, 6.45) is 2.48. The molecule has 0 aliphatic carbocycles. The molecule has 19 heavy (non-hydrogen) atoms. The number of rotatable bonds is 4. The minimum absolute atomic E-state index is 0.462. The molecule has 0 fully saturated rings. The van der Waals surface area contributed by atoms with E-state index in [0.29, 0.717) is 12.5 Å². The van der Waals surface area contributed by atoms with Crippen molar-refractivity contribution in [2.75, 3.05) is 6.54 Å². The average molecular weight is 275 g/mol. The smallest absolute Gasteiger partial charge is 0.194 e. The summed E-state index contributed by atoms with van der Waals surface area (Å²) in [5.74, 6) is 1.28. The average Bonchev–Trinajstić information content (AvgIpc) is 3.04. The highest BCUT2D eigenvalue weighted by Crippen LogP contribution is 2.31. The Kier molecular flexibility index (Phi) is 3.16. The zero-order valence-corrected chi connectivity index (χ0v) is 11.9. The molecule has 0 radical (unpaired) electrons. The van der Waals surface area contributed by atoms with Crippen LogP contribution < -0.4 is 5.73 Å². The molecule has 0 unspecified atom stereocenters. The Morgan fingerprint density at radius 3 is 2.95 bits per heavy atom. The molecule has 2 N–H and O–H groups in total. The van der Waals surface area contributed by atoms with E-state index in [4.69, 9.17) is 15.1 Å². The fourth-order valence-corrected chi connectivity index (χ4v) is 3.38. The van der Waals surface area contributed by atoms with Gasteiger partial charge in [0.25, 0.3) is 0 Å². The van der Waals surface area contributed by atoms with Crippen LogP contribution in [0.4, 0.5) is 0 Å². The molecule has 0 bridgehead atoms. The Morgan fingerprint density at radius 1 is 1.47 bits per heavy atom. The molecule has 100 valence electrons. The number of imidazole rings is 1. The van der Waals surface area contributed by atoms with E-state index in [1.807, 2.05) is 12.1 Å². The second kappa shape index (κ2) is 4.83. The highest BCUT2D eigenvalue weighted by Gasteiger charge is 2.19. The van der Waals surface area contributed by atoms with Crippen LogP contribution in [-0.4, -0.2) is 15.9 Å². The minimum Gasteiger partial charge on any atom is -0.463 e.